The molecule has 3 heterocycles. The predicted molar refractivity (Wildman–Crippen MR) is 86.9 cm³/mol. The molecule has 5 aliphatic rings. The summed E-state index contributed by atoms with van der Waals surface area (Å²) >= 11 is 0. The molecule has 0 amide bonds. The summed E-state index contributed by atoms with van der Waals surface area (Å²) in [5.74, 6) is -0.250. The molecule has 7 heteroatoms. The molecule has 0 aromatic rings. The van der Waals surface area contributed by atoms with Gasteiger partial charge in [0.2, 0.25) is 5.90 Å². The van der Waals surface area contributed by atoms with Gasteiger partial charge in [0, 0.05) is 24.6 Å². The first kappa shape index (κ1) is 15.4. The maximum Gasteiger partial charge on any atom is 0.343 e. The van der Waals surface area contributed by atoms with E-state index in [-0.39, 0.29) is 34.6 Å². The van der Waals surface area contributed by atoms with Crippen LogP contribution in [0.5, 0.6) is 0 Å². The number of methoxy groups -OCH3 is 1. The molecule has 2 bridgehead atoms. The Morgan fingerprint density at radius 3 is 2.83 bits per heavy atom. The Morgan fingerprint density at radius 1 is 1.50 bits per heavy atom. The van der Waals surface area contributed by atoms with Crippen molar-refractivity contribution in [1.82, 2.24) is 5.32 Å². The van der Waals surface area contributed by atoms with Crippen LogP contribution in [0.2, 0.25) is 0 Å². The summed E-state index contributed by atoms with van der Waals surface area (Å²) in [5, 5.41) is 11.5. The van der Waals surface area contributed by atoms with Crippen molar-refractivity contribution in [3.8, 4) is 0 Å². The van der Waals surface area contributed by atoms with Crippen molar-refractivity contribution < 1.29 is 19.0 Å². The SMILES string of the molecule is COC(=O)C1=C/C(=C/NC23COC(C)(C2)C3)C(=N)N=C1OC1CC1. The van der Waals surface area contributed by atoms with Crippen LogP contribution in [-0.4, -0.2) is 48.7 Å². The highest BCUT2D eigenvalue weighted by Gasteiger charge is 2.59. The van der Waals surface area contributed by atoms with E-state index in [1.54, 1.807) is 12.3 Å². The fourth-order valence-corrected chi connectivity index (χ4v) is 3.58. The van der Waals surface area contributed by atoms with Gasteiger partial charge < -0.3 is 19.5 Å². The zero-order valence-electron chi connectivity index (χ0n) is 13.8. The number of ether oxygens (including phenoxy) is 3. The lowest BCUT2D eigenvalue weighted by molar-refractivity contribution is -0.135. The van der Waals surface area contributed by atoms with Crippen LogP contribution in [0.25, 0.3) is 0 Å². The molecule has 0 unspecified atom stereocenters. The smallest absolute Gasteiger partial charge is 0.343 e. The van der Waals surface area contributed by atoms with Gasteiger partial charge in [-0.05, 0) is 25.8 Å². The van der Waals surface area contributed by atoms with E-state index >= 15 is 0 Å². The van der Waals surface area contributed by atoms with Gasteiger partial charge in [0.25, 0.3) is 0 Å². The first-order valence-corrected chi connectivity index (χ1v) is 8.19. The Morgan fingerprint density at radius 2 is 2.25 bits per heavy atom. The van der Waals surface area contributed by atoms with Crippen LogP contribution in [-0.2, 0) is 19.0 Å². The monoisotopic (exact) mass is 331 g/mol. The van der Waals surface area contributed by atoms with E-state index in [0.29, 0.717) is 12.2 Å². The summed E-state index contributed by atoms with van der Waals surface area (Å²) in [4.78, 5) is 16.2. The lowest BCUT2D eigenvalue weighted by Gasteiger charge is -2.42. The van der Waals surface area contributed by atoms with Gasteiger partial charge in [0.1, 0.15) is 11.7 Å². The summed E-state index contributed by atoms with van der Waals surface area (Å²) < 4.78 is 16.2. The minimum atomic E-state index is -0.508. The standard InChI is InChI=1S/C17H21N3O4/c1-16-7-17(8-16,9-23-16)19-6-10-5-12(15(21)22-2)14(20-13(10)18)24-11-3-4-11/h5-6,11,18-19H,3-4,7-9H2,1-2H3/b10-6-,18-13?. The number of carbonyl (C=O) groups is 1. The largest absolute Gasteiger partial charge is 0.474 e. The predicted octanol–water partition coefficient (Wildman–Crippen LogP) is 1.45. The number of dihydropyridines is 1. The summed E-state index contributed by atoms with van der Waals surface area (Å²) in [5.41, 5.74) is 0.721. The lowest BCUT2D eigenvalue weighted by atomic mass is 9.69. The van der Waals surface area contributed by atoms with E-state index < -0.39 is 5.97 Å². The van der Waals surface area contributed by atoms with Crippen LogP contribution in [0.3, 0.4) is 0 Å². The number of nitrogens with one attached hydrogen (secondary N) is 2. The zero-order valence-corrected chi connectivity index (χ0v) is 13.8. The molecule has 3 aliphatic heterocycles. The first-order chi connectivity index (χ1) is 11.4. The van der Waals surface area contributed by atoms with E-state index in [9.17, 15) is 4.79 Å². The number of hydrogen-bond acceptors (Lipinski definition) is 6. The minimum Gasteiger partial charge on any atom is -0.474 e. The van der Waals surface area contributed by atoms with Gasteiger partial charge in [-0.2, -0.15) is 4.99 Å². The van der Waals surface area contributed by atoms with E-state index in [4.69, 9.17) is 19.6 Å². The average Bonchev–Trinajstić information content (AvgIpc) is 3.20. The average molecular weight is 331 g/mol. The Hall–Kier alpha value is -2.15. The molecule has 24 heavy (non-hydrogen) atoms. The number of carbonyl (C=O) groups excluding carboxylic acids is 1. The second kappa shape index (κ2) is 5.17. The van der Waals surface area contributed by atoms with Crippen LogP contribution in [0, 0.1) is 5.41 Å². The van der Waals surface area contributed by atoms with Crippen LogP contribution < -0.4 is 5.32 Å². The highest BCUT2D eigenvalue weighted by atomic mass is 16.5. The van der Waals surface area contributed by atoms with E-state index in [0.717, 1.165) is 25.7 Å². The molecule has 2 aliphatic carbocycles. The number of nitrogens with zero attached hydrogens (tertiary/aromatic N) is 1. The second-order valence-corrected chi connectivity index (χ2v) is 7.25. The lowest BCUT2D eigenvalue weighted by Crippen LogP contribution is -2.55. The topological polar surface area (TPSA) is 93.0 Å². The first-order valence-electron chi connectivity index (χ1n) is 8.19. The van der Waals surface area contributed by atoms with Crippen molar-refractivity contribution in [3.05, 3.63) is 23.4 Å². The van der Waals surface area contributed by atoms with Gasteiger partial charge in [-0.25, -0.2) is 4.79 Å². The maximum absolute atomic E-state index is 12.0. The molecule has 0 atom stereocenters. The molecule has 0 radical (unpaired) electrons. The Kier molecular flexibility index (Phi) is 3.32. The van der Waals surface area contributed by atoms with Gasteiger partial charge in [-0.15, -0.1) is 0 Å². The van der Waals surface area contributed by atoms with Crippen molar-refractivity contribution in [2.45, 2.75) is 49.9 Å². The zero-order chi connectivity index (χ0) is 16.9. The van der Waals surface area contributed by atoms with E-state index in [1.807, 2.05) is 0 Å². The number of hydrogen-bond donors (Lipinski definition) is 2. The number of esters is 1. The fraction of sp³-hybridized carbons (Fsp3) is 0.588. The highest BCUT2D eigenvalue weighted by molar-refractivity contribution is 6.24. The van der Waals surface area contributed by atoms with E-state index in [2.05, 4.69) is 17.2 Å². The van der Waals surface area contributed by atoms with Crippen LogP contribution in [0.15, 0.2) is 28.4 Å². The van der Waals surface area contributed by atoms with Crippen molar-refractivity contribution in [2.75, 3.05) is 13.7 Å². The fourth-order valence-electron chi connectivity index (χ4n) is 3.58. The third-order valence-electron chi connectivity index (χ3n) is 4.88. The molecule has 7 nitrogen and oxygen atoms in total. The number of fused-ring (bicyclic) bond motifs is 1. The normalized spacial score (nSPS) is 35.9. The summed E-state index contributed by atoms with van der Waals surface area (Å²) in [7, 11) is 1.32. The minimum absolute atomic E-state index is 0.0119. The Labute approximate surface area is 140 Å². The van der Waals surface area contributed by atoms with Gasteiger partial charge >= 0.3 is 5.97 Å². The van der Waals surface area contributed by atoms with Crippen molar-refractivity contribution in [2.24, 2.45) is 4.99 Å². The molecule has 2 saturated heterocycles. The van der Waals surface area contributed by atoms with Crippen LogP contribution >= 0.6 is 0 Å². The van der Waals surface area contributed by atoms with Crippen molar-refractivity contribution >= 4 is 17.7 Å². The molecular weight excluding hydrogens is 310 g/mol. The van der Waals surface area contributed by atoms with Crippen LogP contribution in [0.1, 0.15) is 32.6 Å². The summed E-state index contributed by atoms with van der Waals surface area (Å²) in [6, 6.07) is 0. The van der Waals surface area contributed by atoms with Crippen molar-refractivity contribution in [3.63, 3.8) is 0 Å². The molecule has 2 saturated carbocycles. The molecule has 4 fully saturated rings. The quantitative estimate of drug-likeness (QED) is 0.761. The maximum atomic E-state index is 12.0. The van der Waals surface area contributed by atoms with E-state index in [1.165, 1.54) is 7.11 Å². The van der Waals surface area contributed by atoms with Gasteiger partial charge in [-0.3, -0.25) is 5.41 Å². The summed E-state index contributed by atoms with van der Waals surface area (Å²) in [6.07, 6.45) is 7.25. The molecule has 128 valence electrons. The molecule has 0 aromatic carbocycles. The number of rotatable bonds is 4. The Bertz CT molecular complexity index is 697. The Balaban J connectivity index is 1.53. The highest BCUT2D eigenvalue weighted by Crippen LogP contribution is 2.51. The van der Waals surface area contributed by atoms with Gasteiger partial charge in [0.15, 0.2) is 5.84 Å². The molecule has 2 N–H and O–H groups in total. The number of amidine groups is 1. The molecule has 0 aromatic heterocycles. The van der Waals surface area contributed by atoms with Crippen molar-refractivity contribution in [1.29, 1.82) is 5.41 Å². The third-order valence-corrected chi connectivity index (χ3v) is 4.88. The number of aliphatic imine (C=N–C) groups is 1. The molecule has 5 rings (SSSR count). The van der Waals surface area contributed by atoms with Crippen LogP contribution in [0.4, 0.5) is 0 Å². The summed E-state index contributed by atoms with van der Waals surface area (Å²) in [6.45, 7) is 2.77. The van der Waals surface area contributed by atoms with Gasteiger partial charge in [-0.1, -0.05) is 0 Å². The second-order valence-electron chi connectivity index (χ2n) is 7.25. The molecule has 0 spiro atoms. The van der Waals surface area contributed by atoms with Gasteiger partial charge in [0.05, 0.1) is 24.9 Å². The molecular formula is C17H21N3O4. The third kappa shape index (κ3) is 2.62.